The molecule has 1 aromatic carbocycles. The molecule has 8 nitrogen and oxygen atoms in total. The normalized spacial score (nSPS) is 19.2. The zero-order chi connectivity index (χ0) is 21.2. The monoisotopic (exact) mass is 417 g/mol. The highest BCUT2D eigenvalue weighted by Crippen LogP contribution is 2.35. The van der Waals surface area contributed by atoms with Crippen molar-refractivity contribution in [2.75, 3.05) is 6.61 Å². The Labute approximate surface area is 171 Å². The number of carbonyl (C=O) groups is 2. The Morgan fingerprint density at radius 1 is 1.24 bits per heavy atom. The minimum absolute atomic E-state index is 0.193. The third-order valence-electron chi connectivity index (χ3n) is 4.79. The van der Waals surface area contributed by atoms with Crippen LogP contribution in [-0.2, 0) is 16.3 Å². The summed E-state index contributed by atoms with van der Waals surface area (Å²) in [6.45, 7) is 9.28. The number of para-hydroxylation sites is 1. The number of benzene rings is 1. The Morgan fingerprint density at radius 2 is 1.93 bits per heavy atom. The van der Waals surface area contributed by atoms with Crippen LogP contribution >= 0.6 is 0 Å². The maximum atomic E-state index is 12.7. The first-order chi connectivity index (χ1) is 13.7. The maximum Gasteiger partial charge on any atom is 0.422 e. The first kappa shape index (κ1) is 21.2. The predicted octanol–water partition coefficient (Wildman–Crippen LogP) is 3.33. The first-order valence-electron chi connectivity index (χ1n) is 9.59. The van der Waals surface area contributed by atoms with Gasteiger partial charge in [0.2, 0.25) is 0 Å². The molecule has 0 fully saturated rings. The molecule has 0 spiro atoms. The topological polar surface area (TPSA) is 93.9 Å². The summed E-state index contributed by atoms with van der Waals surface area (Å²) in [4.78, 5) is 30.5. The van der Waals surface area contributed by atoms with Gasteiger partial charge in [0.1, 0.15) is 12.5 Å². The lowest BCUT2D eigenvalue weighted by Gasteiger charge is -2.33. The van der Waals surface area contributed by atoms with Crippen molar-refractivity contribution >= 4 is 20.1 Å². The van der Waals surface area contributed by atoms with E-state index in [0.29, 0.717) is 23.7 Å². The molecule has 9 heteroatoms. The van der Waals surface area contributed by atoms with Crippen LogP contribution < -0.4 is 4.74 Å². The van der Waals surface area contributed by atoms with Crippen molar-refractivity contribution in [1.29, 1.82) is 0 Å². The number of imide groups is 1. The van der Waals surface area contributed by atoms with E-state index in [1.807, 2.05) is 0 Å². The van der Waals surface area contributed by atoms with E-state index in [2.05, 4.69) is 24.6 Å². The summed E-state index contributed by atoms with van der Waals surface area (Å²) in [5.74, 6) is -0.422. The summed E-state index contributed by atoms with van der Waals surface area (Å²) in [6.07, 6.45) is -0.829. The van der Waals surface area contributed by atoms with Crippen molar-refractivity contribution in [3.05, 3.63) is 48.0 Å². The lowest BCUT2D eigenvalue weighted by atomic mass is 10.0. The second kappa shape index (κ2) is 8.48. The number of hydrogen-bond acceptors (Lipinski definition) is 6. The van der Waals surface area contributed by atoms with Gasteiger partial charge in [-0.3, -0.25) is 4.79 Å². The van der Waals surface area contributed by atoms with Crippen molar-refractivity contribution in [3.8, 4) is 5.75 Å². The van der Waals surface area contributed by atoms with E-state index >= 15 is 0 Å². The fourth-order valence-electron chi connectivity index (χ4n) is 3.12. The molecule has 1 aliphatic heterocycles. The lowest BCUT2D eigenvalue weighted by molar-refractivity contribution is -0.142. The molecule has 0 radical (unpaired) electrons. The second-order valence-corrected chi connectivity index (χ2v) is 13.9. The Bertz CT molecular complexity index is 878. The van der Waals surface area contributed by atoms with E-state index in [0.717, 1.165) is 10.9 Å². The minimum Gasteiger partial charge on any atom is -0.410 e. The molecular weight excluding hydrogens is 390 g/mol. The van der Waals surface area contributed by atoms with E-state index in [9.17, 15) is 14.7 Å². The fraction of sp³-hybridized carbons (Fsp3) is 0.450. The molecule has 1 aliphatic rings. The van der Waals surface area contributed by atoms with Gasteiger partial charge in [0, 0.05) is 14.7 Å². The zero-order valence-corrected chi connectivity index (χ0v) is 18.2. The van der Waals surface area contributed by atoms with Gasteiger partial charge in [-0.2, -0.15) is 0 Å². The molecule has 156 valence electrons. The lowest BCUT2D eigenvalue weighted by Crippen LogP contribution is -2.47. The highest BCUT2D eigenvalue weighted by Gasteiger charge is 2.44. The molecule has 1 N–H and O–H groups in total. The van der Waals surface area contributed by atoms with E-state index in [1.165, 1.54) is 6.33 Å². The van der Waals surface area contributed by atoms with Crippen LogP contribution in [-0.4, -0.2) is 46.2 Å². The van der Waals surface area contributed by atoms with Gasteiger partial charge < -0.3 is 19.1 Å². The molecule has 29 heavy (non-hydrogen) atoms. The van der Waals surface area contributed by atoms with Crippen LogP contribution in [0.3, 0.4) is 0 Å². The largest absolute Gasteiger partial charge is 0.422 e. The van der Waals surface area contributed by atoms with Crippen LogP contribution in [0.2, 0.25) is 25.7 Å². The standard InChI is InChI=1S/C20H27N3O5Si/c1-14-16-17(22(12-21-16)13-27-10-11-29(2,3)4)18(24)19(25)23(14)20(26)28-15-8-6-5-7-9-15/h5-9,12,14,18,24H,10-11,13H2,1-4H3. The van der Waals surface area contributed by atoms with Crippen LogP contribution in [0.1, 0.15) is 30.5 Å². The summed E-state index contributed by atoms with van der Waals surface area (Å²) in [5.41, 5.74) is 0.815. The van der Waals surface area contributed by atoms with Crippen molar-refractivity contribution < 1.29 is 24.2 Å². The van der Waals surface area contributed by atoms with E-state index in [1.54, 1.807) is 41.8 Å². The number of amides is 2. The highest BCUT2D eigenvalue weighted by atomic mass is 28.3. The van der Waals surface area contributed by atoms with Gasteiger partial charge in [0.15, 0.2) is 6.10 Å². The Morgan fingerprint density at radius 3 is 2.59 bits per heavy atom. The molecule has 3 rings (SSSR count). The molecule has 0 bridgehead atoms. The molecule has 0 aliphatic carbocycles. The van der Waals surface area contributed by atoms with Crippen molar-refractivity contribution in [2.24, 2.45) is 0 Å². The molecule has 2 atom stereocenters. The summed E-state index contributed by atoms with van der Waals surface area (Å²) in [7, 11) is -1.21. The predicted molar refractivity (Wildman–Crippen MR) is 109 cm³/mol. The molecule has 0 saturated carbocycles. The third kappa shape index (κ3) is 4.74. The summed E-state index contributed by atoms with van der Waals surface area (Å²) in [5, 5.41) is 10.6. The van der Waals surface area contributed by atoms with Gasteiger partial charge in [0.25, 0.3) is 5.91 Å². The SMILES string of the molecule is CC1c2ncn(COCC[Si](C)(C)C)c2C(O)C(=O)N1C(=O)Oc1ccccc1. The maximum absolute atomic E-state index is 12.7. The number of rotatable bonds is 6. The quantitative estimate of drug-likeness (QED) is 0.572. The van der Waals surface area contributed by atoms with Crippen LogP contribution in [0.5, 0.6) is 5.75 Å². The molecule has 1 aromatic heterocycles. The number of imidazole rings is 1. The number of aliphatic hydroxyl groups is 1. The number of ether oxygens (including phenoxy) is 2. The summed E-state index contributed by atoms with van der Waals surface area (Å²) >= 11 is 0. The molecule has 2 aromatic rings. The number of aliphatic hydroxyl groups excluding tert-OH is 1. The molecule has 2 unspecified atom stereocenters. The number of hydrogen-bond donors (Lipinski definition) is 1. The Kier molecular flexibility index (Phi) is 6.20. The summed E-state index contributed by atoms with van der Waals surface area (Å²) < 4.78 is 12.6. The average Bonchev–Trinajstić information content (AvgIpc) is 3.08. The van der Waals surface area contributed by atoms with Gasteiger partial charge >= 0.3 is 6.09 Å². The van der Waals surface area contributed by atoms with Crippen LogP contribution in [0, 0.1) is 0 Å². The Balaban J connectivity index is 1.74. The smallest absolute Gasteiger partial charge is 0.410 e. The second-order valence-electron chi connectivity index (χ2n) is 8.30. The van der Waals surface area contributed by atoms with Crippen LogP contribution in [0.25, 0.3) is 0 Å². The molecular formula is C20H27N3O5Si. The van der Waals surface area contributed by atoms with E-state index in [4.69, 9.17) is 9.47 Å². The van der Waals surface area contributed by atoms with Gasteiger partial charge in [-0.05, 0) is 25.1 Å². The summed E-state index contributed by atoms with van der Waals surface area (Å²) in [6, 6.07) is 8.82. The molecule has 0 saturated heterocycles. The van der Waals surface area contributed by atoms with Crippen molar-refractivity contribution in [3.63, 3.8) is 0 Å². The third-order valence-corrected chi connectivity index (χ3v) is 6.50. The number of nitrogens with zero attached hydrogens (tertiary/aromatic N) is 3. The van der Waals surface area contributed by atoms with Crippen molar-refractivity contribution in [2.45, 2.75) is 51.5 Å². The van der Waals surface area contributed by atoms with Crippen LogP contribution in [0.4, 0.5) is 4.79 Å². The zero-order valence-electron chi connectivity index (χ0n) is 17.2. The number of aromatic nitrogens is 2. The first-order valence-corrected chi connectivity index (χ1v) is 13.3. The van der Waals surface area contributed by atoms with Crippen LogP contribution in [0.15, 0.2) is 36.7 Å². The van der Waals surface area contributed by atoms with Gasteiger partial charge in [-0.1, -0.05) is 37.8 Å². The van der Waals surface area contributed by atoms with Gasteiger partial charge in [-0.15, -0.1) is 0 Å². The van der Waals surface area contributed by atoms with E-state index < -0.39 is 32.2 Å². The highest BCUT2D eigenvalue weighted by molar-refractivity contribution is 6.76. The molecule has 2 heterocycles. The average molecular weight is 418 g/mol. The van der Waals surface area contributed by atoms with E-state index in [-0.39, 0.29) is 6.73 Å². The fourth-order valence-corrected chi connectivity index (χ4v) is 3.88. The van der Waals surface area contributed by atoms with Gasteiger partial charge in [-0.25, -0.2) is 14.7 Å². The number of fused-ring (bicyclic) bond motifs is 1. The number of carbonyl (C=O) groups excluding carboxylic acids is 2. The minimum atomic E-state index is -1.51. The van der Waals surface area contributed by atoms with Crippen molar-refractivity contribution in [1.82, 2.24) is 14.5 Å². The Hall–Kier alpha value is -2.49. The van der Waals surface area contributed by atoms with Gasteiger partial charge in [0.05, 0.1) is 23.8 Å². The molecule has 2 amide bonds.